The number of rotatable bonds is 1. The van der Waals surface area contributed by atoms with Crippen LogP contribution in [0.15, 0.2) is 41.2 Å². The molecule has 0 radical (unpaired) electrons. The summed E-state index contributed by atoms with van der Waals surface area (Å²) in [5.74, 6) is 0. The molecule has 2 aliphatic rings. The van der Waals surface area contributed by atoms with E-state index < -0.39 is 0 Å². The lowest BCUT2D eigenvalue weighted by molar-refractivity contribution is 0.703. The molecule has 13 heavy (non-hydrogen) atoms. The summed E-state index contributed by atoms with van der Waals surface area (Å²) in [7, 11) is 0. The number of hydrogen-bond donors (Lipinski definition) is 1. The Hall–Kier alpha value is -1.04. The highest BCUT2D eigenvalue weighted by Crippen LogP contribution is 2.17. The normalized spacial score (nSPS) is 27.0. The zero-order valence-electron chi connectivity index (χ0n) is 8.01. The monoisotopic (exact) mass is 173 g/mol. The minimum atomic E-state index is 0.570. The van der Waals surface area contributed by atoms with Gasteiger partial charge in [-0.1, -0.05) is 12.2 Å². The van der Waals surface area contributed by atoms with Crippen LogP contribution in [0, 0.1) is 0 Å². The Morgan fingerprint density at radius 2 is 2.38 bits per heavy atom. The molecule has 1 heteroatoms. The first-order chi connectivity index (χ1) is 6.36. The van der Waals surface area contributed by atoms with Gasteiger partial charge in [-0.2, -0.15) is 0 Å². The molecule has 1 nitrogen and oxygen atoms in total. The van der Waals surface area contributed by atoms with E-state index in [-0.39, 0.29) is 0 Å². The van der Waals surface area contributed by atoms with Crippen LogP contribution in [0.2, 0.25) is 0 Å². The topological polar surface area (TPSA) is 12.0 Å². The van der Waals surface area contributed by atoms with Crippen LogP contribution >= 0.6 is 0 Å². The fourth-order valence-electron chi connectivity index (χ4n) is 1.80. The smallest absolute Gasteiger partial charge is 0.0320 e. The quantitative estimate of drug-likeness (QED) is 0.600. The average Bonchev–Trinajstić information content (AvgIpc) is 2.56. The van der Waals surface area contributed by atoms with Gasteiger partial charge in [-0.05, 0) is 49.6 Å². The third kappa shape index (κ3) is 2.00. The molecule has 1 heterocycles. The highest BCUT2D eigenvalue weighted by Gasteiger charge is 2.16. The first-order valence-electron chi connectivity index (χ1n) is 4.91. The third-order valence-corrected chi connectivity index (χ3v) is 2.58. The maximum Gasteiger partial charge on any atom is 0.0320 e. The zero-order valence-corrected chi connectivity index (χ0v) is 8.01. The minimum absolute atomic E-state index is 0.570. The lowest BCUT2D eigenvalue weighted by Gasteiger charge is -2.10. The van der Waals surface area contributed by atoms with E-state index in [1.807, 2.05) is 6.08 Å². The van der Waals surface area contributed by atoms with E-state index in [4.69, 9.17) is 0 Å². The summed E-state index contributed by atoms with van der Waals surface area (Å²) in [5.41, 5.74) is 5.79. The summed E-state index contributed by atoms with van der Waals surface area (Å²) in [5, 5.41) is 3.49. The Balaban J connectivity index is 2.14. The predicted molar refractivity (Wildman–Crippen MR) is 55.5 cm³/mol. The van der Waals surface area contributed by atoms with Gasteiger partial charge in [-0.25, -0.2) is 0 Å². The van der Waals surface area contributed by atoms with Crippen LogP contribution in [-0.4, -0.2) is 12.6 Å². The molecule has 1 aliphatic heterocycles. The van der Waals surface area contributed by atoms with E-state index in [1.165, 1.54) is 24.0 Å². The lowest BCUT2D eigenvalue weighted by Crippen LogP contribution is -2.22. The van der Waals surface area contributed by atoms with Crippen molar-refractivity contribution in [1.82, 2.24) is 5.32 Å². The van der Waals surface area contributed by atoms with Crippen molar-refractivity contribution in [3.63, 3.8) is 0 Å². The van der Waals surface area contributed by atoms with Gasteiger partial charge < -0.3 is 5.32 Å². The molecule has 0 amide bonds. The van der Waals surface area contributed by atoms with Gasteiger partial charge in [0.25, 0.3) is 0 Å². The molecule has 0 aromatic rings. The van der Waals surface area contributed by atoms with Gasteiger partial charge in [-0.3, -0.25) is 0 Å². The third-order valence-electron chi connectivity index (χ3n) is 2.58. The van der Waals surface area contributed by atoms with Crippen LogP contribution in [0.25, 0.3) is 0 Å². The van der Waals surface area contributed by atoms with Crippen molar-refractivity contribution in [1.29, 1.82) is 0 Å². The summed E-state index contributed by atoms with van der Waals surface area (Å²) in [6.45, 7) is 3.23. The summed E-state index contributed by atoms with van der Waals surface area (Å²) in [4.78, 5) is 0. The molecule has 0 bridgehead atoms. The Bertz CT molecular complexity index is 308. The average molecular weight is 173 g/mol. The fourth-order valence-corrected chi connectivity index (χ4v) is 1.80. The van der Waals surface area contributed by atoms with Crippen molar-refractivity contribution in [3.05, 3.63) is 41.2 Å². The molecule has 2 rings (SSSR count). The molecule has 1 fully saturated rings. The van der Waals surface area contributed by atoms with E-state index in [0.29, 0.717) is 6.04 Å². The Kier molecular flexibility index (Phi) is 2.49. The van der Waals surface area contributed by atoms with Crippen molar-refractivity contribution >= 4 is 0 Å². The van der Waals surface area contributed by atoms with Gasteiger partial charge in [0.2, 0.25) is 0 Å². The van der Waals surface area contributed by atoms with Crippen LogP contribution in [0.4, 0.5) is 0 Å². The SMILES string of the molecule is CC1=C=CC=C(C2CCCN2)C=C1. The van der Waals surface area contributed by atoms with E-state index in [2.05, 4.69) is 36.2 Å². The second-order valence-electron chi connectivity index (χ2n) is 3.64. The van der Waals surface area contributed by atoms with Gasteiger partial charge in [0, 0.05) is 6.04 Å². The van der Waals surface area contributed by atoms with Crippen LogP contribution in [-0.2, 0) is 0 Å². The molecule has 68 valence electrons. The van der Waals surface area contributed by atoms with Crippen molar-refractivity contribution < 1.29 is 0 Å². The van der Waals surface area contributed by atoms with E-state index in [9.17, 15) is 0 Å². The first kappa shape index (κ1) is 8.55. The predicted octanol–water partition coefficient (Wildman–Crippen LogP) is 2.34. The zero-order chi connectivity index (χ0) is 9.10. The molecule has 1 N–H and O–H groups in total. The van der Waals surface area contributed by atoms with Crippen molar-refractivity contribution in [2.24, 2.45) is 0 Å². The summed E-state index contributed by atoms with van der Waals surface area (Å²) in [6.07, 6.45) is 11.1. The lowest BCUT2D eigenvalue weighted by atomic mass is 10.0. The van der Waals surface area contributed by atoms with Gasteiger partial charge >= 0.3 is 0 Å². The summed E-state index contributed by atoms with van der Waals surface area (Å²) < 4.78 is 0. The second-order valence-corrected chi connectivity index (χ2v) is 3.64. The fraction of sp³-hybridized carbons (Fsp3) is 0.417. The molecule has 0 aromatic heterocycles. The number of hydrogen-bond acceptors (Lipinski definition) is 1. The van der Waals surface area contributed by atoms with Crippen LogP contribution in [0.5, 0.6) is 0 Å². The van der Waals surface area contributed by atoms with Gasteiger partial charge in [-0.15, -0.1) is 5.73 Å². The molecule has 1 saturated heterocycles. The number of nitrogens with one attached hydrogen (secondary N) is 1. The van der Waals surface area contributed by atoms with Crippen LogP contribution in [0.3, 0.4) is 0 Å². The first-order valence-corrected chi connectivity index (χ1v) is 4.91. The molecular weight excluding hydrogens is 158 g/mol. The van der Waals surface area contributed by atoms with Gasteiger partial charge in [0.05, 0.1) is 0 Å². The molecule has 1 aliphatic carbocycles. The van der Waals surface area contributed by atoms with Crippen molar-refractivity contribution in [2.75, 3.05) is 6.54 Å². The van der Waals surface area contributed by atoms with Gasteiger partial charge in [0.15, 0.2) is 0 Å². The Morgan fingerprint density at radius 3 is 3.15 bits per heavy atom. The van der Waals surface area contributed by atoms with Crippen LogP contribution < -0.4 is 5.32 Å². The molecular formula is C12H15N. The Morgan fingerprint density at radius 1 is 1.46 bits per heavy atom. The molecule has 0 saturated carbocycles. The van der Waals surface area contributed by atoms with E-state index >= 15 is 0 Å². The van der Waals surface area contributed by atoms with Crippen LogP contribution in [0.1, 0.15) is 19.8 Å². The highest BCUT2D eigenvalue weighted by atomic mass is 14.9. The second kappa shape index (κ2) is 3.78. The largest absolute Gasteiger partial charge is 0.310 e. The summed E-state index contributed by atoms with van der Waals surface area (Å²) in [6, 6.07) is 0.570. The van der Waals surface area contributed by atoms with Gasteiger partial charge in [0.1, 0.15) is 0 Å². The standard InChI is InChI=1S/C12H15N/c1-10-4-2-5-11(8-7-10)12-6-3-9-13-12/h2,5,7-8,12-13H,3,6,9H2,1H3. The van der Waals surface area contributed by atoms with E-state index in [0.717, 1.165) is 6.54 Å². The molecule has 1 atom stereocenters. The van der Waals surface area contributed by atoms with E-state index in [1.54, 1.807) is 0 Å². The highest BCUT2D eigenvalue weighted by molar-refractivity contribution is 5.36. The molecule has 0 spiro atoms. The van der Waals surface area contributed by atoms with Crippen molar-refractivity contribution in [3.8, 4) is 0 Å². The molecule has 0 aromatic carbocycles. The Labute approximate surface area is 79.5 Å². The number of allylic oxidation sites excluding steroid dienone is 3. The maximum absolute atomic E-state index is 3.49. The van der Waals surface area contributed by atoms with Crippen molar-refractivity contribution in [2.45, 2.75) is 25.8 Å². The summed E-state index contributed by atoms with van der Waals surface area (Å²) >= 11 is 0. The minimum Gasteiger partial charge on any atom is -0.310 e. The molecule has 1 unspecified atom stereocenters. The maximum atomic E-state index is 3.49.